The van der Waals surface area contributed by atoms with Crippen molar-refractivity contribution in [2.45, 2.75) is 18.8 Å². The molecule has 0 amide bonds. The summed E-state index contributed by atoms with van der Waals surface area (Å²) in [6, 6.07) is 12.4. The number of halogens is 4. The highest BCUT2D eigenvalue weighted by atomic mass is 79.9. The van der Waals surface area contributed by atoms with Crippen molar-refractivity contribution in [3.05, 3.63) is 70.8 Å². The molecule has 0 radical (unpaired) electrons. The summed E-state index contributed by atoms with van der Waals surface area (Å²) in [7, 11) is 0. The van der Waals surface area contributed by atoms with Gasteiger partial charge in [-0.3, -0.25) is 0 Å². The van der Waals surface area contributed by atoms with Crippen LogP contribution in [0.25, 0.3) is 0 Å². The molecule has 0 saturated carbocycles. The minimum atomic E-state index is -0.808. The summed E-state index contributed by atoms with van der Waals surface area (Å²) in [5, 5.41) is 1.46. The SMILES string of the molecule is Cc1cccc(C(CBr)(CBr)Cc2ccc(F)c(F)c2)c1. The van der Waals surface area contributed by atoms with Gasteiger partial charge >= 0.3 is 0 Å². The van der Waals surface area contributed by atoms with Gasteiger partial charge in [0.1, 0.15) is 0 Å². The van der Waals surface area contributed by atoms with Crippen molar-refractivity contribution >= 4 is 31.9 Å². The van der Waals surface area contributed by atoms with Gasteiger partial charge in [-0.2, -0.15) is 0 Å². The largest absolute Gasteiger partial charge is 0.204 e. The van der Waals surface area contributed by atoms with E-state index in [9.17, 15) is 8.78 Å². The van der Waals surface area contributed by atoms with Gasteiger partial charge in [-0.1, -0.05) is 67.8 Å². The number of alkyl halides is 2. The number of hydrogen-bond donors (Lipinski definition) is 0. The zero-order chi connectivity index (χ0) is 15.5. The van der Waals surface area contributed by atoms with Gasteiger partial charge in [0.25, 0.3) is 0 Å². The Labute approximate surface area is 140 Å². The van der Waals surface area contributed by atoms with Crippen LogP contribution in [-0.4, -0.2) is 10.7 Å². The van der Waals surface area contributed by atoms with Gasteiger partial charge in [-0.25, -0.2) is 8.78 Å². The van der Waals surface area contributed by atoms with Crippen molar-refractivity contribution in [1.29, 1.82) is 0 Å². The van der Waals surface area contributed by atoms with Crippen molar-refractivity contribution in [2.24, 2.45) is 0 Å². The molecule has 0 unspecified atom stereocenters. The van der Waals surface area contributed by atoms with E-state index in [4.69, 9.17) is 0 Å². The van der Waals surface area contributed by atoms with Gasteiger partial charge in [0.05, 0.1) is 0 Å². The van der Waals surface area contributed by atoms with Gasteiger partial charge in [-0.05, 0) is 36.6 Å². The van der Waals surface area contributed by atoms with Gasteiger partial charge in [0.15, 0.2) is 11.6 Å². The molecule has 0 aliphatic rings. The highest BCUT2D eigenvalue weighted by Crippen LogP contribution is 2.33. The molecule has 0 spiro atoms. The Morgan fingerprint density at radius 3 is 2.24 bits per heavy atom. The molecule has 0 bridgehead atoms. The number of rotatable bonds is 5. The molecule has 2 aromatic carbocycles. The highest BCUT2D eigenvalue weighted by Gasteiger charge is 2.30. The molecule has 2 aromatic rings. The monoisotopic (exact) mass is 416 g/mol. The van der Waals surface area contributed by atoms with E-state index >= 15 is 0 Å². The Hall–Kier alpha value is -0.740. The van der Waals surface area contributed by atoms with Crippen LogP contribution in [0.3, 0.4) is 0 Å². The van der Waals surface area contributed by atoms with E-state index in [1.54, 1.807) is 6.07 Å². The smallest absolute Gasteiger partial charge is 0.159 e. The lowest BCUT2D eigenvalue weighted by Crippen LogP contribution is -2.33. The minimum absolute atomic E-state index is 0.198. The topological polar surface area (TPSA) is 0 Å². The Bertz CT molecular complexity index is 622. The third kappa shape index (κ3) is 3.72. The summed E-state index contributed by atoms with van der Waals surface area (Å²) in [6.45, 7) is 2.05. The van der Waals surface area contributed by atoms with E-state index in [0.29, 0.717) is 6.42 Å². The molecule has 0 atom stereocenters. The third-order valence-electron chi connectivity index (χ3n) is 3.67. The van der Waals surface area contributed by atoms with Crippen molar-refractivity contribution in [1.82, 2.24) is 0 Å². The molecule has 112 valence electrons. The molecule has 0 aromatic heterocycles. The van der Waals surface area contributed by atoms with Gasteiger partial charge in [0, 0.05) is 16.1 Å². The van der Waals surface area contributed by atoms with Gasteiger partial charge in [-0.15, -0.1) is 0 Å². The Kier molecular flexibility index (Phi) is 5.55. The van der Waals surface area contributed by atoms with E-state index in [-0.39, 0.29) is 5.41 Å². The quantitative estimate of drug-likeness (QED) is 0.560. The molecule has 0 aliphatic carbocycles. The van der Waals surface area contributed by atoms with Crippen LogP contribution in [0.2, 0.25) is 0 Å². The van der Waals surface area contributed by atoms with E-state index in [1.807, 2.05) is 19.1 Å². The van der Waals surface area contributed by atoms with Crippen LogP contribution < -0.4 is 0 Å². The number of aryl methyl sites for hydroxylation is 1. The van der Waals surface area contributed by atoms with E-state index in [2.05, 4.69) is 44.0 Å². The zero-order valence-electron chi connectivity index (χ0n) is 11.7. The molecular weight excluding hydrogens is 402 g/mol. The molecule has 2 rings (SSSR count). The highest BCUT2D eigenvalue weighted by molar-refractivity contribution is 9.09. The first kappa shape index (κ1) is 16.6. The summed E-state index contributed by atoms with van der Waals surface area (Å²) in [6.07, 6.45) is 0.629. The normalized spacial score (nSPS) is 11.7. The lowest BCUT2D eigenvalue weighted by atomic mass is 9.78. The first-order valence-electron chi connectivity index (χ1n) is 6.64. The lowest BCUT2D eigenvalue weighted by Gasteiger charge is -2.31. The zero-order valence-corrected chi connectivity index (χ0v) is 14.8. The predicted molar refractivity (Wildman–Crippen MR) is 90.5 cm³/mol. The molecule has 0 heterocycles. The average molecular weight is 418 g/mol. The Morgan fingerprint density at radius 1 is 0.952 bits per heavy atom. The fourth-order valence-electron chi connectivity index (χ4n) is 2.40. The summed E-state index contributed by atoms with van der Waals surface area (Å²) in [5.74, 6) is -1.60. The predicted octanol–water partition coefficient (Wildman–Crippen LogP) is 5.54. The maximum Gasteiger partial charge on any atom is 0.159 e. The first-order valence-corrected chi connectivity index (χ1v) is 8.88. The second-order valence-corrected chi connectivity index (χ2v) is 6.46. The van der Waals surface area contributed by atoms with E-state index < -0.39 is 11.6 Å². The van der Waals surface area contributed by atoms with Crippen molar-refractivity contribution in [2.75, 3.05) is 10.7 Å². The third-order valence-corrected chi connectivity index (χ3v) is 5.82. The fraction of sp³-hybridized carbons (Fsp3) is 0.294. The number of hydrogen-bond acceptors (Lipinski definition) is 0. The summed E-state index contributed by atoms with van der Waals surface area (Å²) in [5.41, 5.74) is 2.95. The van der Waals surface area contributed by atoms with Crippen LogP contribution in [0.1, 0.15) is 16.7 Å². The molecule has 0 aliphatic heterocycles. The molecule has 21 heavy (non-hydrogen) atoms. The molecule has 0 N–H and O–H groups in total. The van der Waals surface area contributed by atoms with E-state index in [0.717, 1.165) is 16.2 Å². The van der Waals surface area contributed by atoms with Crippen LogP contribution >= 0.6 is 31.9 Å². The Morgan fingerprint density at radius 2 is 1.67 bits per heavy atom. The first-order chi connectivity index (χ1) is 10.0. The lowest BCUT2D eigenvalue weighted by molar-refractivity contribution is 0.501. The summed E-state index contributed by atoms with van der Waals surface area (Å²) in [4.78, 5) is 0. The van der Waals surface area contributed by atoms with Crippen molar-refractivity contribution in [3.8, 4) is 0 Å². The second kappa shape index (κ2) is 7.01. The van der Waals surface area contributed by atoms with Crippen molar-refractivity contribution in [3.63, 3.8) is 0 Å². The molecule has 4 heteroatoms. The van der Waals surface area contributed by atoms with Crippen LogP contribution in [-0.2, 0) is 11.8 Å². The van der Waals surface area contributed by atoms with Crippen LogP contribution in [0.5, 0.6) is 0 Å². The molecule has 0 fully saturated rings. The van der Waals surface area contributed by atoms with Crippen LogP contribution in [0.4, 0.5) is 8.78 Å². The van der Waals surface area contributed by atoms with Crippen molar-refractivity contribution < 1.29 is 8.78 Å². The van der Waals surface area contributed by atoms with Gasteiger partial charge < -0.3 is 0 Å². The maximum atomic E-state index is 13.4. The van der Waals surface area contributed by atoms with Crippen LogP contribution in [0.15, 0.2) is 42.5 Å². The average Bonchev–Trinajstić information content (AvgIpc) is 2.48. The summed E-state index contributed by atoms with van der Waals surface area (Å²) >= 11 is 7.17. The molecular formula is C17H16Br2F2. The number of benzene rings is 2. The van der Waals surface area contributed by atoms with E-state index in [1.165, 1.54) is 23.3 Å². The van der Waals surface area contributed by atoms with Gasteiger partial charge in [0.2, 0.25) is 0 Å². The Balaban J connectivity index is 2.40. The second-order valence-electron chi connectivity index (χ2n) is 5.34. The summed E-state index contributed by atoms with van der Waals surface area (Å²) < 4.78 is 26.5. The standard InChI is InChI=1S/C17H16Br2F2/c1-12-3-2-4-14(7-12)17(10-18,11-19)9-13-5-6-15(20)16(21)8-13/h2-8H,9-11H2,1H3. The minimum Gasteiger partial charge on any atom is -0.204 e. The maximum absolute atomic E-state index is 13.4. The molecule has 0 saturated heterocycles. The fourth-order valence-corrected chi connectivity index (χ4v) is 4.37. The molecule has 0 nitrogen and oxygen atoms in total. The van der Waals surface area contributed by atoms with Crippen LogP contribution in [0, 0.1) is 18.6 Å².